The topological polar surface area (TPSA) is 66.5 Å². The van der Waals surface area contributed by atoms with Crippen LogP contribution in [-0.2, 0) is 14.8 Å². The van der Waals surface area contributed by atoms with Crippen molar-refractivity contribution >= 4 is 33.2 Å². The second kappa shape index (κ2) is 10.2. The first-order valence-corrected chi connectivity index (χ1v) is 12.2. The van der Waals surface area contributed by atoms with Crippen LogP contribution in [0.4, 0.5) is 5.69 Å². The van der Waals surface area contributed by atoms with E-state index >= 15 is 0 Å². The number of halogens is 1. The maximum absolute atomic E-state index is 13.5. The highest BCUT2D eigenvalue weighted by atomic mass is 35.5. The number of carbonyl (C=O) groups is 1. The lowest BCUT2D eigenvalue weighted by molar-refractivity contribution is -0.120. The summed E-state index contributed by atoms with van der Waals surface area (Å²) >= 11 is 6.17. The number of amides is 1. The van der Waals surface area contributed by atoms with E-state index in [1.807, 2.05) is 38.1 Å². The number of anilines is 1. The van der Waals surface area contributed by atoms with Crippen LogP contribution < -0.4 is 9.62 Å². The summed E-state index contributed by atoms with van der Waals surface area (Å²) in [7, 11) is -3.99. The Morgan fingerprint density at radius 3 is 2.28 bits per heavy atom. The number of nitrogens with one attached hydrogen (secondary N) is 1. The predicted octanol–water partition coefficient (Wildman–Crippen LogP) is 5.42. The van der Waals surface area contributed by atoms with Gasteiger partial charge in [-0.2, -0.15) is 0 Å². The number of aryl methyl sites for hydroxylation is 2. The van der Waals surface area contributed by atoms with E-state index in [9.17, 15) is 13.2 Å². The molecule has 0 saturated carbocycles. The fourth-order valence-corrected chi connectivity index (χ4v) is 5.13. The highest BCUT2D eigenvalue weighted by Gasteiger charge is 2.29. The molecule has 168 valence electrons. The van der Waals surface area contributed by atoms with Gasteiger partial charge in [-0.3, -0.25) is 9.10 Å². The normalized spacial score (nSPS) is 12.2. The van der Waals surface area contributed by atoms with Gasteiger partial charge in [-0.05, 0) is 55.7 Å². The number of nitrogens with zero attached hydrogens (tertiary/aromatic N) is 1. The first-order valence-electron chi connectivity index (χ1n) is 10.4. The van der Waals surface area contributed by atoms with Gasteiger partial charge in [0.15, 0.2) is 0 Å². The van der Waals surface area contributed by atoms with Gasteiger partial charge >= 0.3 is 0 Å². The molecule has 7 heteroatoms. The van der Waals surface area contributed by atoms with Crippen molar-refractivity contribution in [1.29, 1.82) is 0 Å². The van der Waals surface area contributed by atoms with Crippen molar-refractivity contribution in [2.24, 2.45) is 0 Å². The zero-order valence-electron chi connectivity index (χ0n) is 18.4. The van der Waals surface area contributed by atoms with Crippen molar-refractivity contribution in [3.8, 4) is 0 Å². The molecular weight excluding hydrogens is 444 g/mol. The quantitative estimate of drug-likeness (QED) is 0.478. The number of carbonyl (C=O) groups excluding carboxylic acids is 1. The minimum absolute atomic E-state index is 0.109. The fourth-order valence-electron chi connectivity index (χ4n) is 3.46. The molecule has 3 aromatic rings. The van der Waals surface area contributed by atoms with Gasteiger partial charge in [0.1, 0.15) is 6.54 Å². The van der Waals surface area contributed by atoms with Gasteiger partial charge in [-0.1, -0.05) is 72.6 Å². The summed E-state index contributed by atoms with van der Waals surface area (Å²) in [5.41, 5.74) is 3.18. The molecule has 1 atom stereocenters. The molecule has 1 amide bonds. The third-order valence-corrected chi connectivity index (χ3v) is 7.29. The van der Waals surface area contributed by atoms with Crippen LogP contribution >= 0.6 is 11.6 Å². The van der Waals surface area contributed by atoms with E-state index < -0.39 is 15.9 Å². The summed E-state index contributed by atoms with van der Waals surface area (Å²) in [6.45, 7) is 5.41. The lowest BCUT2D eigenvalue weighted by Crippen LogP contribution is -2.42. The maximum atomic E-state index is 13.5. The van der Waals surface area contributed by atoms with Crippen LogP contribution in [0.15, 0.2) is 77.7 Å². The third-order valence-electron chi connectivity index (χ3n) is 5.28. The zero-order chi connectivity index (χ0) is 23.3. The van der Waals surface area contributed by atoms with E-state index in [0.29, 0.717) is 22.7 Å². The Balaban J connectivity index is 1.94. The molecule has 0 aliphatic carbocycles. The van der Waals surface area contributed by atoms with E-state index in [1.54, 1.807) is 43.3 Å². The largest absolute Gasteiger partial charge is 0.348 e. The smallest absolute Gasteiger partial charge is 0.264 e. The van der Waals surface area contributed by atoms with Crippen molar-refractivity contribution in [3.63, 3.8) is 0 Å². The summed E-state index contributed by atoms with van der Waals surface area (Å²) in [6, 6.07) is 20.8. The molecule has 0 spiro atoms. The third kappa shape index (κ3) is 5.50. The average molecular weight is 471 g/mol. The first-order chi connectivity index (χ1) is 15.2. The molecule has 0 aromatic heterocycles. The SMILES string of the molecule is CC[C@H](NC(=O)CN(c1cc(Cl)ccc1C)S(=O)(=O)c1ccccc1)c1ccc(C)cc1. The molecule has 0 fully saturated rings. The summed E-state index contributed by atoms with van der Waals surface area (Å²) < 4.78 is 28.1. The second-order valence-corrected chi connectivity index (χ2v) is 9.99. The molecule has 0 aliphatic rings. The first kappa shape index (κ1) is 23.8. The number of rotatable bonds is 8. The summed E-state index contributed by atoms with van der Waals surface area (Å²) in [5, 5.41) is 3.38. The van der Waals surface area contributed by atoms with Gasteiger partial charge < -0.3 is 5.32 Å². The number of sulfonamides is 1. The van der Waals surface area contributed by atoms with Crippen molar-refractivity contribution in [1.82, 2.24) is 5.32 Å². The summed E-state index contributed by atoms with van der Waals surface area (Å²) in [5.74, 6) is -0.392. The molecule has 0 radical (unpaired) electrons. The number of hydrogen-bond donors (Lipinski definition) is 1. The van der Waals surface area contributed by atoms with Crippen LogP contribution in [0.5, 0.6) is 0 Å². The van der Waals surface area contributed by atoms with Gasteiger partial charge in [0.2, 0.25) is 5.91 Å². The Bertz CT molecular complexity index is 1180. The molecule has 32 heavy (non-hydrogen) atoms. The van der Waals surface area contributed by atoms with E-state index in [0.717, 1.165) is 15.4 Å². The van der Waals surface area contributed by atoms with E-state index in [4.69, 9.17) is 11.6 Å². The number of benzene rings is 3. The van der Waals surface area contributed by atoms with Gasteiger partial charge in [0.25, 0.3) is 10.0 Å². The van der Waals surface area contributed by atoms with E-state index in [-0.39, 0.29) is 17.5 Å². The molecule has 0 saturated heterocycles. The monoisotopic (exact) mass is 470 g/mol. The molecular formula is C25H27ClN2O3S. The molecule has 0 bridgehead atoms. The number of hydrogen-bond acceptors (Lipinski definition) is 3. The fraction of sp³-hybridized carbons (Fsp3) is 0.240. The van der Waals surface area contributed by atoms with E-state index in [2.05, 4.69) is 5.32 Å². The zero-order valence-corrected chi connectivity index (χ0v) is 20.0. The van der Waals surface area contributed by atoms with Gasteiger partial charge in [0, 0.05) is 5.02 Å². The van der Waals surface area contributed by atoms with Crippen molar-refractivity contribution in [3.05, 3.63) is 94.5 Å². The molecule has 3 rings (SSSR count). The lowest BCUT2D eigenvalue weighted by Gasteiger charge is -2.27. The minimum Gasteiger partial charge on any atom is -0.348 e. The highest BCUT2D eigenvalue weighted by Crippen LogP contribution is 2.29. The Morgan fingerprint density at radius 1 is 1.00 bits per heavy atom. The van der Waals surface area contributed by atoms with Crippen LogP contribution in [0.25, 0.3) is 0 Å². The Kier molecular flexibility index (Phi) is 7.59. The van der Waals surface area contributed by atoms with Crippen LogP contribution in [-0.4, -0.2) is 20.9 Å². The van der Waals surface area contributed by atoms with Gasteiger partial charge in [0.05, 0.1) is 16.6 Å². The standard InChI is InChI=1S/C25H27ClN2O3S/c1-4-23(20-13-10-18(2)11-14-20)27-25(29)17-28(24-16-21(26)15-12-19(24)3)32(30,31)22-8-6-5-7-9-22/h5-16,23H,4,17H2,1-3H3,(H,27,29)/t23-/m0/s1. The highest BCUT2D eigenvalue weighted by molar-refractivity contribution is 7.92. The van der Waals surface area contributed by atoms with Gasteiger partial charge in [-0.25, -0.2) is 8.42 Å². The van der Waals surface area contributed by atoms with Crippen LogP contribution in [0, 0.1) is 13.8 Å². The Labute approximate surface area is 195 Å². The molecule has 0 unspecified atom stereocenters. The summed E-state index contributed by atoms with van der Waals surface area (Å²) in [4.78, 5) is 13.2. The summed E-state index contributed by atoms with van der Waals surface area (Å²) in [6.07, 6.45) is 0.677. The predicted molar refractivity (Wildman–Crippen MR) is 130 cm³/mol. The second-order valence-electron chi connectivity index (χ2n) is 7.69. The van der Waals surface area contributed by atoms with E-state index in [1.165, 1.54) is 12.1 Å². The lowest BCUT2D eigenvalue weighted by atomic mass is 10.0. The average Bonchev–Trinajstić information content (AvgIpc) is 2.79. The molecule has 0 heterocycles. The van der Waals surface area contributed by atoms with Gasteiger partial charge in [-0.15, -0.1) is 0 Å². The molecule has 3 aromatic carbocycles. The van der Waals surface area contributed by atoms with Crippen LogP contribution in [0.1, 0.15) is 36.1 Å². The van der Waals surface area contributed by atoms with Crippen LogP contribution in [0.3, 0.4) is 0 Å². The van der Waals surface area contributed by atoms with Crippen LogP contribution in [0.2, 0.25) is 5.02 Å². The van der Waals surface area contributed by atoms with Crippen molar-refractivity contribution in [2.45, 2.75) is 38.1 Å². The van der Waals surface area contributed by atoms with Crippen molar-refractivity contribution in [2.75, 3.05) is 10.8 Å². The Hall–Kier alpha value is -2.83. The molecule has 0 aliphatic heterocycles. The molecule has 1 N–H and O–H groups in total. The maximum Gasteiger partial charge on any atom is 0.264 e. The van der Waals surface area contributed by atoms with Crippen molar-refractivity contribution < 1.29 is 13.2 Å². The molecule has 5 nitrogen and oxygen atoms in total. The Morgan fingerprint density at radius 2 is 1.66 bits per heavy atom. The minimum atomic E-state index is -3.99.